The summed E-state index contributed by atoms with van der Waals surface area (Å²) in [6.07, 6.45) is 41.5. The number of hydrogen-bond donors (Lipinski definition) is 0. The number of unbranched alkanes of at least 4 members (excludes halogenated alkanes) is 22. The van der Waals surface area contributed by atoms with Gasteiger partial charge in [0.05, 0.1) is 13.1 Å². The molecule has 0 aliphatic heterocycles. The lowest BCUT2D eigenvalue weighted by Gasteiger charge is -2.07. The molecule has 1 heterocycles. The van der Waals surface area contributed by atoms with Crippen molar-refractivity contribution in [1.82, 2.24) is 4.57 Å². The summed E-state index contributed by atoms with van der Waals surface area (Å²) in [5, 5.41) is 0. The topological polar surface area (TPSA) is 8.81 Å². The van der Waals surface area contributed by atoms with E-state index in [-0.39, 0.29) is 0 Å². The molecule has 36 heavy (non-hydrogen) atoms. The van der Waals surface area contributed by atoms with Crippen molar-refractivity contribution < 1.29 is 4.57 Å². The van der Waals surface area contributed by atoms with Crippen LogP contribution in [-0.2, 0) is 19.5 Å². The van der Waals surface area contributed by atoms with Crippen molar-refractivity contribution >= 4 is 0 Å². The smallest absolute Gasteiger partial charge is 0.234 e. The predicted octanol–water partition coefficient (Wildman–Crippen LogP) is 11.1. The number of aryl methyl sites for hydroxylation is 2. The molecule has 2 heteroatoms. The molecule has 0 bridgehead atoms. The van der Waals surface area contributed by atoms with Crippen molar-refractivity contribution in [3.63, 3.8) is 0 Å². The molecule has 2 nitrogen and oxygen atoms in total. The molecule has 0 N–H and O–H groups in total. The SMILES string of the molecule is CCCCCCCCCCCCCc1n(CCCCCCCCCCCCC)cc[n+]1CCCCC. The Morgan fingerprint density at radius 2 is 0.861 bits per heavy atom. The van der Waals surface area contributed by atoms with Crippen molar-refractivity contribution in [3.05, 3.63) is 18.2 Å². The Morgan fingerprint density at radius 3 is 1.33 bits per heavy atom. The fourth-order valence-corrected chi connectivity index (χ4v) is 5.62. The summed E-state index contributed by atoms with van der Waals surface area (Å²) in [5.74, 6) is 1.61. The first-order valence-corrected chi connectivity index (χ1v) is 16.9. The van der Waals surface area contributed by atoms with Crippen molar-refractivity contribution in [2.45, 2.75) is 201 Å². The summed E-state index contributed by atoms with van der Waals surface area (Å²) in [4.78, 5) is 0. The molecule has 0 spiro atoms. The summed E-state index contributed by atoms with van der Waals surface area (Å²) in [5.41, 5.74) is 0. The second kappa shape index (κ2) is 25.8. The highest BCUT2D eigenvalue weighted by Crippen LogP contribution is 2.14. The molecule has 0 saturated carbocycles. The zero-order chi connectivity index (χ0) is 25.9. The van der Waals surface area contributed by atoms with Crippen LogP contribution in [0.15, 0.2) is 12.4 Å². The predicted molar refractivity (Wildman–Crippen MR) is 161 cm³/mol. The van der Waals surface area contributed by atoms with Gasteiger partial charge in [-0.2, -0.15) is 0 Å². The first-order chi connectivity index (χ1) is 17.8. The summed E-state index contributed by atoms with van der Waals surface area (Å²) in [7, 11) is 0. The van der Waals surface area contributed by atoms with E-state index in [1.165, 1.54) is 180 Å². The maximum Gasteiger partial charge on any atom is 0.256 e. The van der Waals surface area contributed by atoms with Gasteiger partial charge in [-0.15, -0.1) is 0 Å². The van der Waals surface area contributed by atoms with E-state index in [0.717, 1.165) is 0 Å². The molecule has 0 saturated heterocycles. The van der Waals surface area contributed by atoms with Gasteiger partial charge in [-0.1, -0.05) is 149 Å². The van der Waals surface area contributed by atoms with E-state index in [9.17, 15) is 0 Å². The van der Waals surface area contributed by atoms with Gasteiger partial charge in [-0.3, -0.25) is 0 Å². The minimum Gasteiger partial charge on any atom is -0.234 e. The van der Waals surface area contributed by atoms with E-state index < -0.39 is 0 Å². The Balaban J connectivity index is 2.22. The molecule has 0 aliphatic rings. The third kappa shape index (κ3) is 18.5. The molecule has 1 rings (SSSR count). The lowest BCUT2D eigenvalue weighted by Crippen LogP contribution is -2.37. The average Bonchev–Trinajstić information content (AvgIpc) is 3.27. The van der Waals surface area contributed by atoms with Gasteiger partial charge in [0.15, 0.2) is 0 Å². The standard InChI is InChI=1S/C34H67N2/c1-4-7-10-12-14-16-18-20-22-24-26-29-34-35(30-27-9-6-3)32-33-36(34)31-28-25-23-21-19-17-15-13-11-8-5-2/h32-33H,4-31H2,1-3H3/q+1. The lowest BCUT2D eigenvalue weighted by atomic mass is 10.1. The first kappa shape index (κ1) is 33.2. The molecule has 0 aromatic carbocycles. The maximum absolute atomic E-state index is 2.61. The van der Waals surface area contributed by atoms with Gasteiger partial charge in [0.2, 0.25) is 0 Å². The number of imidazole rings is 1. The highest BCUT2D eigenvalue weighted by atomic mass is 15.1. The molecule has 0 fully saturated rings. The summed E-state index contributed by atoms with van der Waals surface area (Å²) >= 11 is 0. The molecule has 0 amide bonds. The van der Waals surface area contributed by atoms with Gasteiger partial charge >= 0.3 is 0 Å². The fraction of sp³-hybridized carbons (Fsp3) is 0.912. The zero-order valence-electron chi connectivity index (χ0n) is 25.3. The van der Waals surface area contributed by atoms with Crippen molar-refractivity contribution in [3.8, 4) is 0 Å². The second-order valence-electron chi connectivity index (χ2n) is 11.6. The number of hydrogen-bond acceptors (Lipinski definition) is 0. The van der Waals surface area contributed by atoms with Crippen LogP contribution in [0.5, 0.6) is 0 Å². The molecular weight excluding hydrogens is 436 g/mol. The summed E-state index contributed by atoms with van der Waals surface area (Å²) in [6.45, 7) is 9.37. The van der Waals surface area contributed by atoms with Gasteiger partial charge in [0.1, 0.15) is 12.4 Å². The van der Waals surface area contributed by atoms with Gasteiger partial charge in [-0.25, -0.2) is 9.13 Å². The molecule has 0 radical (unpaired) electrons. The third-order valence-electron chi connectivity index (χ3n) is 8.10. The summed E-state index contributed by atoms with van der Waals surface area (Å²) < 4.78 is 5.19. The van der Waals surface area contributed by atoms with E-state index in [4.69, 9.17) is 0 Å². The number of rotatable bonds is 28. The highest BCUT2D eigenvalue weighted by Gasteiger charge is 2.16. The minimum absolute atomic E-state index is 1.21. The third-order valence-corrected chi connectivity index (χ3v) is 8.10. The quantitative estimate of drug-likeness (QED) is 0.0794. The Morgan fingerprint density at radius 1 is 0.472 bits per heavy atom. The van der Waals surface area contributed by atoms with E-state index >= 15 is 0 Å². The van der Waals surface area contributed by atoms with Crippen LogP contribution in [0, 0.1) is 0 Å². The second-order valence-corrected chi connectivity index (χ2v) is 11.6. The molecule has 0 atom stereocenters. The van der Waals surface area contributed by atoms with Crippen molar-refractivity contribution in [2.75, 3.05) is 0 Å². The van der Waals surface area contributed by atoms with Crippen LogP contribution in [-0.4, -0.2) is 4.57 Å². The average molecular weight is 504 g/mol. The van der Waals surface area contributed by atoms with Gasteiger partial charge in [0, 0.05) is 6.42 Å². The molecule has 212 valence electrons. The van der Waals surface area contributed by atoms with E-state index in [1.54, 1.807) is 5.82 Å². The molecule has 1 aromatic rings. The van der Waals surface area contributed by atoms with Gasteiger partial charge < -0.3 is 0 Å². The van der Waals surface area contributed by atoms with Crippen LogP contribution in [0.4, 0.5) is 0 Å². The van der Waals surface area contributed by atoms with Crippen LogP contribution >= 0.6 is 0 Å². The van der Waals surface area contributed by atoms with Gasteiger partial charge in [-0.05, 0) is 32.1 Å². The van der Waals surface area contributed by atoms with Crippen LogP contribution < -0.4 is 4.57 Å². The van der Waals surface area contributed by atoms with Crippen molar-refractivity contribution in [2.24, 2.45) is 0 Å². The normalized spacial score (nSPS) is 11.5. The number of aromatic nitrogens is 2. The van der Waals surface area contributed by atoms with Crippen LogP contribution in [0.1, 0.15) is 187 Å². The zero-order valence-corrected chi connectivity index (χ0v) is 25.3. The van der Waals surface area contributed by atoms with Crippen molar-refractivity contribution in [1.29, 1.82) is 0 Å². The Kier molecular flexibility index (Phi) is 23.9. The largest absolute Gasteiger partial charge is 0.256 e. The van der Waals surface area contributed by atoms with Crippen LogP contribution in [0.25, 0.3) is 0 Å². The Bertz CT molecular complexity index is 562. The van der Waals surface area contributed by atoms with E-state index in [2.05, 4.69) is 42.3 Å². The van der Waals surface area contributed by atoms with E-state index in [1.807, 2.05) is 0 Å². The monoisotopic (exact) mass is 504 g/mol. The van der Waals surface area contributed by atoms with Crippen LogP contribution in [0.3, 0.4) is 0 Å². The summed E-state index contributed by atoms with van der Waals surface area (Å²) in [6, 6.07) is 0. The molecular formula is C34H67N2+. The molecule has 0 aliphatic carbocycles. The molecule has 0 unspecified atom stereocenters. The Labute approximate surface area is 228 Å². The maximum atomic E-state index is 2.61. The van der Waals surface area contributed by atoms with E-state index in [0.29, 0.717) is 0 Å². The molecule has 1 aromatic heterocycles. The Hall–Kier alpha value is -0.790. The number of nitrogens with zero attached hydrogens (tertiary/aromatic N) is 2. The minimum atomic E-state index is 1.21. The highest BCUT2D eigenvalue weighted by molar-refractivity contribution is 4.84. The first-order valence-electron chi connectivity index (χ1n) is 16.9. The fourth-order valence-electron chi connectivity index (χ4n) is 5.62. The van der Waals surface area contributed by atoms with Crippen LogP contribution in [0.2, 0.25) is 0 Å². The lowest BCUT2D eigenvalue weighted by molar-refractivity contribution is -0.704. The van der Waals surface area contributed by atoms with Gasteiger partial charge in [0.25, 0.3) is 5.82 Å².